The van der Waals surface area contributed by atoms with Crippen LogP contribution in [0.15, 0.2) is 53.1 Å². The summed E-state index contributed by atoms with van der Waals surface area (Å²) in [6, 6.07) is 14.2. The molecule has 0 bridgehead atoms. The summed E-state index contributed by atoms with van der Waals surface area (Å²) in [6.07, 6.45) is 3.29. The fourth-order valence-electron chi connectivity index (χ4n) is 3.29. The Balaban J connectivity index is 1.29. The number of nitrogens with zero attached hydrogens (tertiary/aromatic N) is 1. The minimum absolute atomic E-state index is 0.00439. The van der Waals surface area contributed by atoms with Crippen LogP contribution in [0.3, 0.4) is 0 Å². The first kappa shape index (κ1) is 17.9. The molecule has 0 radical (unpaired) electrons. The van der Waals surface area contributed by atoms with Gasteiger partial charge in [0.05, 0.1) is 6.42 Å². The molecule has 27 heavy (non-hydrogen) atoms. The van der Waals surface area contributed by atoms with E-state index in [2.05, 4.69) is 50.2 Å². The average molecular weight is 429 g/mol. The topological polar surface area (TPSA) is 52.5 Å². The summed E-state index contributed by atoms with van der Waals surface area (Å²) in [5, 5.41) is 4.24. The van der Waals surface area contributed by atoms with Crippen molar-refractivity contribution < 1.29 is 14.3 Å². The number of aromatic nitrogens is 1. The maximum atomic E-state index is 12.3. The minimum atomic E-state index is 0.00439. The molecule has 6 heteroatoms. The summed E-state index contributed by atoms with van der Waals surface area (Å²) >= 11 is 3.52. The number of halogens is 1. The lowest BCUT2D eigenvalue weighted by Crippen LogP contribution is -2.27. The third-order valence-corrected chi connectivity index (χ3v) is 5.38. The number of carbonyl (C=O) groups excluding carboxylic acids is 1. The molecule has 1 amide bonds. The maximum Gasteiger partial charge on any atom is 0.224 e. The number of rotatable bonds is 6. The predicted octanol–water partition coefficient (Wildman–Crippen LogP) is 3.92. The molecule has 0 aliphatic carbocycles. The average Bonchev–Trinajstić information content (AvgIpc) is 3.09. The normalized spacial score (nSPS) is 12.9. The van der Waals surface area contributed by atoms with Crippen LogP contribution < -0.4 is 14.8 Å². The maximum absolute atomic E-state index is 12.3. The lowest BCUT2D eigenvalue weighted by molar-refractivity contribution is -0.120. The molecule has 2 aromatic carbocycles. The number of hydrogen-bond donors (Lipinski definition) is 1. The molecule has 4 rings (SSSR count). The van der Waals surface area contributed by atoms with Gasteiger partial charge < -0.3 is 19.4 Å². The van der Waals surface area contributed by atoms with Crippen LogP contribution in [0.25, 0.3) is 10.9 Å². The first-order valence-electron chi connectivity index (χ1n) is 9.09. The Kier molecular flexibility index (Phi) is 5.34. The molecule has 1 N–H and O–H groups in total. The highest BCUT2D eigenvalue weighted by Crippen LogP contribution is 2.35. The number of nitrogens with one attached hydrogen (secondary N) is 1. The van der Waals surface area contributed by atoms with Gasteiger partial charge in [0, 0.05) is 29.3 Å². The highest BCUT2D eigenvalue weighted by atomic mass is 79.9. The Morgan fingerprint density at radius 1 is 1.11 bits per heavy atom. The van der Waals surface area contributed by atoms with Crippen molar-refractivity contribution in [3.63, 3.8) is 0 Å². The summed E-state index contributed by atoms with van der Waals surface area (Å²) < 4.78 is 14.2. The second kappa shape index (κ2) is 8.05. The van der Waals surface area contributed by atoms with Gasteiger partial charge in [-0.3, -0.25) is 4.79 Å². The summed E-state index contributed by atoms with van der Waals surface area (Å²) in [5.41, 5.74) is 2.12. The van der Waals surface area contributed by atoms with Gasteiger partial charge in [-0.25, -0.2) is 0 Å². The zero-order chi connectivity index (χ0) is 18.6. The number of aryl methyl sites for hydroxylation is 1. The number of benzene rings is 2. The summed E-state index contributed by atoms with van der Waals surface area (Å²) in [7, 11) is 0. The van der Waals surface area contributed by atoms with Crippen molar-refractivity contribution >= 4 is 32.7 Å². The lowest BCUT2D eigenvalue weighted by atomic mass is 10.1. The van der Waals surface area contributed by atoms with Crippen molar-refractivity contribution in [2.45, 2.75) is 19.4 Å². The number of hydrogen-bond acceptors (Lipinski definition) is 3. The van der Waals surface area contributed by atoms with Crippen LogP contribution >= 0.6 is 15.9 Å². The third-order valence-electron chi connectivity index (χ3n) is 4.64. The molecular weight excluding hydrogens is 408 g/mol. The van der Waals surface area contributed by atoms with Crippen molar-refractivity contribution in [3.8, 4) is 11.5 Å². The number of para-hydroxylation sites is 1. The standard InChI is InChI=1S/C21H21BrN2O3/c22-17-14-20-19(26-10-11-27-20)12-16(17)13-21(25)23-7-3-8-24-9-6-15-4-1-2-5-18(15)24/h1-2,4-6,9,12,14H,3,7-8,10-11,13H2,(H,23,25). The monoisotopic (exact) mass is 428 g/mol. The molecule has 1 aliphatic heterocycles. The number of fused-ring (bicyclic) bond motifs is 2. The zero-order valence-corrected chi connectivity index (χ0v) is 16.5. The van der Waals surface area contributed by atoms with Crippen LogP contribution in [0, 0.1) is 0 Å². The molecule has 1 aromatic heterocycles. The fourth-order valence-corrected chi connectivity index (χ4v) is 3.75. The smallest absolute Gasteiger partial charge is 0.224 e. The molecule has 2 heterocycles. The molecule has 5 nitrogen and oxygen atoms in total. The van der Waals surface area contributed by atoms with E-state index in [0.717, 1.165) is 28.8 Å². The third kappa shape index (κ3) is 4.11. The van der Waals surface area contributed by atoms with Crippen molar-refractivity contribution in [1.82, 2.24) is 9.88 Å². The second-order valence-corrected chi connectivity index (χ2v) is 7.39. The molecule has 3 aromatic rings. The van der Waals surface area contributed by atoms with E-state index in [1.165, 1.54) is 10.9 Å². The van der Waals surface area contributed by atoms with Gasteiger partial charge in [-0.05, 0) is 41.6 Å². The summed E-state index contributed by atoms with van der Waals surface area (Å²) in [4.78, 5) is 12.3. The van der Waals surface area contributed by atoms with Gasteiger partial charge in [0.15, 0.2) is 11.5 Å². The van der Waals surface area contributed by atoms with Crippen molar-refractivity contribution in [3.05, 3.63) is 58.7 Å². The minimum Gasteiger partial charge on any atom is -0.486 e. The van der Waals surface area contributed by atoms with Crippen molar-refractivity contribution in [2.75, 3.05) is 19.8 Å². The molecule has 0 fully saturated rings. The molecule has 0 saturated heterocycles. The Morgan fingerprint density at radius 3 is 2.74 bits per heavy atom. The molecule has 0 spiro atoms. The van der Waals surface area contributed by atoms with E-state index in [0.29, 0.717) is 31.9 Å². The number of carbonyl (C=O) groups is 1. The van der Waals surface area contributed by atoms with E-state index in [4.69, 9.17) is 9.47 Å². The largest absolute Gasteiger partial charge is 0.486 e. The lowest BCUT2D eigenvalue weighted by Gasteiger charge is -2.19. The van der Waals surface area contributed by atoms with Crippen LogP contribution in [-0.4, -0.2) is 30.2 Å². The van der Waals surface area contributed by atoms with Gasteiger partial charge in [0.25, 0.3) is 0 Å². The highest BCUT2D eigenvalue weighted by Gasteiger charge is 2.16. The Morgan fingerprint density at radius 2 is 1.89 bits per heavy atom. The Bertz CT molecular complexity index is 967. The molecule has 0 saturated carbocycles. The first-order valence-corrected chi connectivity index (χ1v) is 9.88. The van der Waals surface area contributed by atoms with Gasteiger partial charge >= 0.3 is 0 Å². The van der Waals surface area contributed by atoms with Crippen molar-refractivity contribution in [1.29, 1.82) is 0 Å². The van der Waals surface area contributed by atoms with E-state index < -0.39 is 0 Å². The molecule has 1 aliphatic rings. The highest BCUT2D eigenvalue weighted by molar-refractivity contribution is 9.10. The van der Waals surface area contributed by atoms with E-state index in [1.807, 2.05) is 24.3 Å². The number of ether oxygens (including phenoxy) is 2. The number of amides is 1. The van der Waals surface area contributed by atoms with Gasteiger partial charge in [-0.1, -0.05) is 34.1 Å². The zero-order valence-electron chi connectivity index (χ0n) is 14.9. The van der Waals surface area contributed by atoms with E-state index >= 15 is 0 Å². The quantitative estimate of drug-likeness (QED) is 0.605. The Hall–Kier alpha value is -2.47. The predicted molar refractivity (Wildman–Crippen MR) is 108 cm³/mol. The van der Waals surface area contributed by atoms with Crippen LogP contribution in [0.5, 0.6) is 11.5 Å². The van der Waals surface area contributed by atoms with Gasteiger partial charge in [-0.15, -0.1) is 0 Å². The molecular formula is C21H21BrN2O3. The first-order chi connectivity index (χ1) is 13.2. The SMILES string of the molecule is O=C(Cc1cc2c(cc1Br)OCCO2)NCCCn1ccc2ccccc21. The van der Waals surface area contributed by atoms with E-state index in [9.17, 15) is 4.79 Å². The van der Waals surface area contributed by atoms with E-state index in [-0.39, 0.29) is 5.91 Å². The van der Waals surface area contributed by atoms with Crippen LogP contribution in [0.2, 0.25) is 0 Å². The summed E-state index contributed by atoms with van der Waals surface area (Å²) in [6.45, 7) is 2.61. The summed E-state index contributed by atoms with van der Waals surface area (Å²) in [5.74, 6) is 1.42. The Labute approximate surface area is 166 Å². The second-order valence-electron chi connectivity index (χ2n) is 6.54. The van der Waals surface area contributed by atoms with Gasteiger partial charge in [0.1, 0.15) is 13.2 Å². The van der Waals surface area contributed by atoms with Gasteiger partial charge in [0.2, 0.25) is 5.91 Å². The van der Waals surface area contributed by atoms with Crippen LogP contribution in [0.4, 0.5) is 0 Å². The van der Waals surface area contributed by atoms with E-state index in [1.54, 1.807) is 0 Å². The van der Waals surface area contributed by atoms with Crippen LogP contribution in [-0.2, 0) is 17.8 Å². The molecule has 0 atom stereocenters. The molecule has 140 valence electrons. The fraction of sp³-hybridized carbons (Fsp3) is 0.286. The van der Waals surface area contributed by atoms with Crippen molar-refractivity contribution in [2.24, 2.45) is 0 Å². The molecule has 0 unspecified atom stereocenters. The van der Waals surface area contributed by atoms with Gasteiger partial charge in [-0.2, -0.15) is 0 Å². The van der Waals surface area contributed by atoms with Crippen LogP contribution in [0.1, 0.15) is 12.0 Å².